The van der Waals surface area contributed by atoms with Crippen molar-refractivity contribution in [3.63, 3.8) is 0 Å². The normalized spacial score (nSPS) is 16.2. The minimum absolute atomic E-state index is 0.112. The van der Waals surface area contributed by atoms with E-state index in [1.165, 1.54) is 22.7 Å². The van der Waals surface area contributed by atoms with E-state index in [4.69, 9.17) is 4.74 Å². The molecule has 0 unspecified atom stereocenters. The van der Waals surface area contributed by atoms with Gasteiger partial charge in [-0.1, -0.05) is 6.07 Å². The largest absolute Gasteiger partial charge is 0.480 e. The number of hydrogen-bond acceptors (Lipinski definition) is 4. The summed E-state index contributed by atoms with van der Waals surface area (Å²) in [6.45, 7) is 4.13. The van der Waals surface area contributed by atoms with E-state index in [0.29, 0.717) is 6.42 Å². The summed E-state index contributed by atoms with van der Waals surface area (Å²) in [5.74, 6) is 0.713. The third-order valence-electron chi connectivity index (χ3n) is 4.26. The van der Waals surface area contributed by atoms with Gasteiger partial charge in [-0.2, -0.15) is 4.37 Å². The zero-order chi connectivity index (χ0) is 16.0. The number of aromatic nitrogens is 1. The molecule has 1 N–H and O–H groups in total. The van der Waals surface area contributed by atoms with Crippen LogP contribution in [-0.2, 0) is 11.2 Å². The summed E-state index contributed by atoms with van der Waals surface area (Å²) in [6.07, 6.45) is 1.95. The van der Waals surface area contributed by atoms with Crippen LogP contribution in [0, 0.1) is 13.8 Å². The van der Waals surface area contributed by atoms with E-state index in [1.807, 2.05) is 30.5 Å². The quantitative estimate of drug-likeness (QED) is 0.779. The Bertz CT molecular complexity index is 886. The van der Waals surface area contributed by atoms with Crippen molar-refractivity contribution in [2.45, 2.75) is 26.4 Å². The molecule has 0 spiro atoms. The first-order valence-electron chi connectivity index (χ1n) is 7.52. The number of aryl methyl sites for hydroxylation is 2. The minimum atomic E-state index is -0.470. The molecule has 0 saturated carbocycles. The van der Waals surface area contributed by atoms with Crippen LogP contribution in [0.25, 0.3) is 10.1 Å². The molecule has 4 nitrogen and oxygen atoms in total. The molecule has 0 fully saturated rings. The monoisotopic (exact) mass is 324 g/mol. The minimum Gasteiger partial charge on any atom is -0.480 e. The molecule has 0 aliphatic carbocycles. The highest BCUT2D eigenvalue weighted by atomic mass is 32.1. The molecule has 1 amide bonds. The van der Waals surface area contributed by atoms with Crippen LogP contribution in [0.3, 0.4) is 0 Å². The Morgan fingerprint density at radius 2 is 2.09 bits per heavy atom. The molecule has 0 bridgehead atoms. The van der Waals surface area contributed by atoms with Gasteiger partial charge < -0.3 is 10.1 Å². The molecule has 3 aromatic rings. The Morgan fingerprint density at radius 1 is 1.26 bits per heavy atom. The van der Waals surface area contributed by atoms with Gasteiger partial charge in [-0.3, -0.25) is 4.79 Å². The summed E-state index contributed by atoms with van der Waals surface area (Å²) in [5.41, 5.74) is 4.28. The van der Waals surface area contributed by atoms with Crippen LogP contribution in [0.5, 0.6) is 5.75 Å². The molecule has 0 saturated heterocycles. The van der Waals surface area contributed by atoms with Gasteiger partial charge in [0.05, 0.1) is 4.70 Å². The number of benzene rings is 2. The number of rotatable bonds is 2. The summed E-state index contributed by atoms with van der Waals surface area (Å²) in [6, 6.07) is 9.93. The molecular weight excluding hydrogens is 308 g/mol. The Hall–Kier alpha value is -2.40. The summed E-state index contributed by atoms with van der Waals surface area (Å²) >= 11 is 1.45. The third-order valence-corrected chi connectivity index (χ3v) is 5.04. The number of fused-ring (bicyclic) bond motifs is 2. The Morgan fingerprint density at radius 3 is 2.96 bits per heavy atom. The lowest BCUT2D eigenvalue weighted by atomic mass is 10.0. The van der Waals surface area contributed by atoms with Gasteiger partial charge in [0.2, 0.25) is 0 Å². The Balaban J connectivity index is 1.52. The van der Waals surface area contributed by atoms with E-state index >= 15 is 0 Å². The SMILES string of the molecule is Cc1cc2c(cc1C)O[C@@H](C(=O)Nc1ccc3sncc3c1)C2. The summed E-state index contributed by atoms with van der Waals surface area (Å²) in [5, 5.41) is 3.98. The predicted octanol–water partition coefficient (Wildman–Crippen LogP) is 3.86. The number of nitrogens with one attached hydrogen (secondary N) is 1. The van der Waals surface area contributed by atoms with Crippen molar-refractivity contribution in [3.05, 3.63) is 53.2 Å². The third kappa shape index (κ3) is 2.57. The van der Waals surface area contributed by atoms with Crippen LogP contribution in [-0.4, -0.2) is 16.4 Å². The summed E-state index contributed by atoms with van der Waals surface area (Å²) < 4.78 is 11.1. The zero-order valence-electron chi connectivity index (χ0n) is 12.9. The second-order valence-corrected chi connectivity index (χ2v) is 6.76. The molecule has 0 radical (unpaired) electrons. The van der Waals surface area contributed by atoms with Crippen LogP contribution < -0.4 is 10.1 Å². The Kier molecular flexibility index (Phi) is 3.31. The van der Waals surface area contributed by atoms with Crippen LogP contribution in [0.1, 0.15) is 16.7 Å². The first kappa shape index (κ1) is 14.2. The maximum atomic E-state index is 12.5. The number of hydrogen-bond donors (Lipinski definition) is 1. The number of ether oxygens (including phenoxy) is 1. The van der Waals surface area contributed by atoms with E-state index in [9.17, 15) is 4.79 Å². The lowest BCUT2D eigenvalue weighted by Crippen LogP contribution is -2.31. The van der Waals surface area contributed by atoms with Gasteiger partial charge in [-0.15, -0.1) is 0 Å². The van der Waals surface area contributed by atoms with Crippen molar-refractivity contribution in [3.8, 4) is 5.75 Å². The van der Waals surface area contributed by atoms with Crippen molar-refractivity contribution in [2.24, 2.45) is 0 Å². The molecule has 4 rings (SSSR count). The van der Waals surface area contributed by atoms with Crippen LogP contribution >= 0.6 is 11.5 Å². The van der Waals surface area contributed by atoms with E-state index in [2.05, 4.69) is 29.6 Å². The first-order valence-corrected chi connectivity index (χ1v) is 8.29. The van der Waals surface area contributed by atoms with Gasteiger partial charge in [-0.25, -0.2) is 0 Å². The van der Waals surface area contributed by atoms with Crippen molar-refractivity contribution in [1.82, 2.24) is 4.37 Å². The van der Waals surface area contributed by atoms with E-state index in [0.717, 1.165) is 27.1 Å². The molecule has 1 aliphatic rings. The topological polar surface area (TPSA) is 51.2 Å². The second kappa shape index (κ2) is 5.35. The van der Waals surface area contributed by atoms with Gasteiger partial charge in [0, 0.05) is 23.7 Å². The van der Waals surface area contributed by atoms with Crippen molar-refractivity contribution in [2.75, 3.05) is 5.32 Å². The number of nitrogens with zero attached hydrogens (tertiary/aromatic N) is 1. The number of anilines is 1. The molecule has 2 heterocycles. The molecule has 1 aromatic heterocycles. The first-order chi connectivity index (χ1) is 11.1. The lowest BCUT2D eigenvalue weighted by molar-refractivity contribution is -0.122. The molecule has 2 aromatic carbocycles. The molecule has 5 heteroatoms. The lowest BCUT2D eigenvalue weighted by Gasteiger charge is -2.11. The number of carbonyl (C=O) groups excluding carboxylic acids is 1. The second-order valence-electron chi connectivity index (χ2n) is 5.92. The molecule has 1 atom stereocenters. The molecular formula is C18H16N2O2S. The van der Waals surface area contributed by atoms with Crippen LogP contribution in [0.15, 0.2) is 36.5 Å². The molecule has 1 aliphatic heterocycles. The van der Waals surface area contributed by atoms with E-state index in [1.54, 1.807) is 0 Å². The highest BCUT2D eigenvalue weighted by Gasteiger charge is 2.29. The fourth-order valence-electron chi connectivity index (χ4n) is 2.83. The van der Waals surface area contributed by atoms with Crippen molar-refractivity contribution < 1.29 is 9.53 Å². The van der Waals surface area contributed by atoms with E-state index in [-0.39, 0.29) is 5.91 Å². The van der Waals surface area contributed by atoms with Gasteiger partial charge in [0.15, 0.2) is 6.10 Å². The smallest absolute Gasteiger partial charge is 0.265 e. The number of carbonyl (C=O) groups is 1. The maximum absolute atomic E-state index is 12.5. The zero-order valence-corrected chi connectivity index (χ0v) is 13.7. The standard InChI is InChI=1S/C18H16N2O2S/c1-10-5-12-8-16(22-15(12)6-11(10)2)18(21)20-14-3-4-17-13(7-14)9-19-23-17/h3-7,9,16H,8H2,1-2H3,(H,20,21)/t16-/m1/s1. The number of amides is 1. The van der Waals surface area contributed by atoms with Gasteiger partial charge in [0.1, 0.15) is 5.75 Å². The average molecular weight is 324 g/mol. The fourth-order valence-corrected chi connectivity index (χ4v) is 3.46. The summed E-state index contributed by atoms with van der Waals surface area (Å²) in [4.78, 5) is 12.5. The van der Waals surface area contributed by atoms with Crippen LogP contribution in [0.4, 0.5) is 5.69 Å². The van der Waals surface area contributed by atoms with Gasteiger partial charge >= 0.3 is 0 Å². The fraction of sp³-hybridized carbons (Fsp3) is 0.222. The van der Waals surface area contributed by atoms with Crippen LogP contribution in [0.2, 0.25) is 0 Å². The van der Waals surface area contributed by atoms with Gasteiger partial charge in [-0.05, 0) is 66.3 Å². The van der Waals surface area contributed by atoms with Crippen molar-refractivity contribution >= 4 is 33.2 Å². The predicted molar refractivity (Wildman–Crippen MR) is 92.3 cm³/mol. The molecule has 23 heavy (non-hydrogen) atoms. The highest BCUT2D eigenvalue weighted by Crippen LogP contribution is 2.32. The maximum Gasteiger partial charge on any atom is 0.265 e. The Labute approximate surface area is 138 Å². The van der Waals surface area contributed by atoms with Crippen molar-refractivity contribution in [1.29, 1.82) is 0 Å². The summed E-state index contributed by atoms with van der Waals surface area (Å²) in [7, 11) is 0. The average Bonchev–Trinajstić information content (AvgIpc) is 3.13. The van der Waals surface area contributed by atoms with E-state index < -0.39 is 6.10 Å². The van der Waals surface area contributed by atoms with Gasteiger partial charge in [0.25, 0.3) is 5.91 Å². The molecule has 116 valence electrons. The highest BCUT2D eigenvalue weighted by molar-refractivity contribution is 7.13.